The molecule has 0 saturated heterocycles. The molecule has 0 saturated carbocycles. The Morgan fingerprint density at radius 3 is 1.67 bits per heavy atom. The van der Waals surface area contributed by atoms with Gasteiger partial charge in [-0.15, -0.1) is 0 Å². The molecule has 0 aromatic heterocycles. The highest BCUT2D eigenvalue weighted by molar-refractivity contribution is 7.82. The van der Waals surface area contributed by atoms with E-state index in [2.05, 4.69) is 87.7 Å². The van der Waals surface area contributed by atoms with Crippen LogP contribution in [0.15, 0.2) is 12.2 Å². The lowest BCUT2D eigenvalue weighted by molar-refractivity contribution is -0.747. The van der Waals surface area contributed by atoms with Crippen molar-refractivity contribution in [2.45, 2.75) is 98.7 Å². The fraction of sp³-hybridized carbons (Fsp3) is 0.905. The molecule has 0 aliphatic rings. The molecule has 24 heavy (non-hydrogen) atoms. The maximum absolute atomic E-state index is 4.68. The first-order valence-electron chi connectivity index (χ1n) is 9.77. The Balaban J connectivity index is -0.000000351. The lowest BCUT2D eigenvalue weighted by Crippen LogP contribution is -2.28. The third kappa shape index (κ3) is 17.2. The highest BCUT2D eigenvalue weighted by Gasteiger charge is 2.30. The van der Waals surface area contributed by atoms with Crippen LogP contribution in [0.3, 0.4) is 0 Å². The highest BCUT2D eigenvalue weighted by Crippen LogP contribution is 2.40. The highest BCUT2D eigenvalue weighted by atomic mass is 32.1. The normalized spacial score (nSPS) is 13.8. The van der Waals surface area contributed by atoms with Gasteiger partial charge in [-0.3, -0.25) is 3.89 Å². The summed E-state index contributed by atoms with van der Waals surface area (Å²) >= 11 is 9.05. The van der Waals surface area contributed by atoms with Crippen molar-refractivity contribution >= 4 is 25.4 Å². The first-order chi connectivity index (χ1) is 10.8. The third-order valence-corrected chi connectivity index (χ3v) is 5.45. The van der Waals surface area contributed by atoms with Crippen molar-refractivity contribution in [1.82, 2.24) is 0 Å². The molecule has 0 bridgehead atoms. The summed E-state index contributed by atoms with van der Waals surface area (Å²) in [5.74, 6) is 0. The van der Waals surface area contributed by atoms with Gasteiger partial charge in [-0.2, -0.15) is 12.6 Å². The lowest BCUT2D eigenvalue weighted by atomic mass is 9.75. The van der Waals surface area contributed by atoms with Gasteiger partial charge in [-0.25, -0.2) is 0 Å². The number of rotatable bonds is 9. The van der Waals surface area contributed by atoms with Crippen molar-refractivity contribution in [3.05, 3.63) is 12.2 Å². The Hall–Kier alpha value is 0.400. The minimum atomic E-state index is -0.0131. The van der Waals surface area contributed by atoms with Crippen LogP contribution in [0, 0.1) is 5.41 Å². The Morgan fingerprint density at radius 2 is 1.42 bits per heavy atom. The Labute approximate surface area is 166 Å². The van der Waals surface area contributed by atoms with Crippen LogP contribution < -0.4 is 0 Å². The van der Waals surface area contributed by atoms with E-state index in [1.54, 1.807) is 0 Å². The molecule has 0 heterocycles. The summed E-state index contributed by atoms with van der Waals surface area (Å²) in [6.07, 6.45) is 7.48. The van der Waals surface area contributed by atoms with Crippen molar-refractivity contribution in [3.63, 3.8) is 0 Å². The van der Waals surface area contributed by atoms with Crippen molar-refractivity contribution in [2.24, 2.45) is 5.41 Å². The summed E-state index contributed by atoms with van der Waals surface area (Å²) in [7, 11) is 4.22. The van der Waals surface area contributed by atoms with Gasteiger partial charge >= 0.3 is 0 Å². The van der Waals surface area contributed by atoms with Gasteiger partial charge in [0.1, 0.15) is 0 Å². The maximum Gasteiger partial charge on any atom is 0.0886 e. The summed E-state index contributed by atoms with van der Waals surface area (Å²) in [5.41, 5.74) is 1.58. The first kappa shape index (κ1) is 29.2. The van der Waals surface area contributed by atoms with Crippen LogP contribution in [0.5, 0.6) is 0 Å². The fourth-order valence-electron chi connectivity index (χ4n) is 2.23. The molecule has 0 rings (SSSR count). The second kappa shape index (κ2) is 14.6. The predicted molar refractivity (Wildman–Crippen MR) is 122 cm³/mol. The Bertz CT molecular complexity index is 299. The number of thiol groups is 2. The summed E-state index contributed by atoms with van der Waals surface area (Å²) in [4.78, 5) is 0. The quantitative estimate of drug-likeness (QED) is 0.175. The zero-order chi connectivity index (χ0) is 20.0. The molecule has 0 radical (unpaired) electrons. The minimum Gasteiger partial charge on any atom is -0.269 e. The van der Waals surface area contributed by atoms with E-state index >= 15 is 0 Å². The molecule has 0 aliphatic heterocycles. The zero-order valence-electron chi connectivity index (χ0n) is 18.5. The van der Waals surface area contributed by atoms with Crippen molar-refractivity contribution in [2.75, 3.05) is 20.6 Å². The monoisotopic (exact) mass is 378 g/mol. The minimum absolute atomic E-state index is 0.0131. The van der Waals surface area contributed by atoms with Crippen molar-refractivity contribution in [3.8, 4) is 0 Å². The second-order valence-electron chi connectivity index (χ2n) is 7.80. The summed E-state index contributed by atoms with van der Waals surface area (Å²) in [6, 6.07) is 0. The zero-order valence-corrected chi connectivity index (χ0v) is 20.3. The van der Waals surface area contributed by atoms with Gasteiger partial charge in [-0.05, 0) is 38.5 Å². The van der Waals surface area contributed by atoms with E-state index in [4.69, 9.17) is 0 Å². The Kier molecular flexibility index (Phi) is 17.7. The molecule has 0 N–H and O–H groups in total. The Morgan fingerprint density at radius 1 is 1.00 bits per heavy atom. The fourth-order valence-corrected chi connectivity index (χ4v) is 2.75. The van der Waals surface area contributed by atoms with E-state index in [9.17, 15) is 0 Å². The average molecular weight is 379 g/mol. The second-order valence-corrected chi connectivity index (χ2v) is 9.87. The van der Waals surface area contributed by atoms with Gasteiger partial charge in [-0.1, -0.05) is 73.0 Å². The number of hydrogen-bond donors (Lipinski definition) is 2. The smallest absolute Gasteiger partial charge is 0.0886 e. The average Bonchev–Trinajstić information content (AvgIpc) is 2.48. The molecule has 0 fully saturated rings. The van der Waals surface area contributed by atoms with Crippen molar-refractivity contribution in [1.29, 1.82) is 0 Å². The maximum atomic E-state index is 4.68. The first-order valence-corrected chi connectivity index (χ1v) is 10.6. The molecule has 1 unspecified atom stereocenters. The standard InChI is InChI=1S/C12H24S.C7H18NS.C2H6/c1-7-11(5,8-2)9-12(6,13)10(3)4;1-4-5-6-7-8(2,3)9;1-2/h13H,3,7-9H2,1-2,4-6H3;9H,4-7H2,1-3H3;1-2H3/q;+1;. The van der Waals surface area contributed by atoms with E-state index in [-0.39, 0.29) is 4.75 Å². The van der Waals surface area contributed by atoms with Crippen LogP contribution in [-0.2, 0) is 0 Å². The van der Waals surface area contributed by atoms with E-state index in [1.165, 1.54) is 44.2 Å². The van der Waals surface area contributed by atoms with E-state index in [0.717, 1.165) is 10.3 Å². The molecule has 0 aromatic rings. The van der Waals surface area contributed by atoms with Gasteiger partial charge in [0.2, 0.25) is 0 Å². The van der Waals surface area contributed by atoms with Gasteiger partial charge in [0.15, 0.2) is 0 Å². The molecule has 148 valence electrons. The molecule has 0 aliphatic carbocycles. The van der Waals surface area contributed by atoms with Crippen LogP contribution in [0.25, 0.3) is 0 Å². The molecule has 1 nitrogen and oxygen atoms in total. The molecule has 0 spiro atoms. The van der Waals surface area contributed by atoms with Gasteiger partial charge in [0.25, 0.3) is 0 Å². The molecule has 0 aromatic carbocycles. The van der Waals surface area contributed by atoms with Crippen LogP contribution in [-0.4, -0.2) is 29.3 Å². The van der Waals surface area contributed by atoms with Crippen molar-refractivity contribution < 1.29 is 3.89 Å². The molecular formula is C21H48NS2+. The number of hydrogen-bond acceptors (Lipinski definition) is 2. The predicted octanol–water partition coefficient (Wildman–Crippen LogP) is 7.59. The van der Waals surface area contributed by atoms with Gasteiger partial charge < -0.3 is 0 Å². The van der Waals surface area contributed by atoms with Gasteiger partial charge in [0.05, 0.1) is 33.5 Å². The van der Waals surface area contributed by atoms with Crippen LogP contribution in [0.2, 0.25) is 0 Å². The molecule has 0 amide bonds. The summed E-state index contributed by atoms with van der Waals surface area (Å²) in [6.45, 7) is 22.5. The lowest BCUT2D eigenvalue weighted by Gasteiger charge is -2.36. The van der Waals surface area contributed by atoms with E-state index in [1.807, 2.05) is 13.8 Å². The van der Waals surface area contributed by atoms with Crippen LogP contribution in [0.4, 0.5) is 0 Å². The topological polar surface area (TPSA) is 0 Å². The summed E-state index contributed by atoms with van der Waals surface area (Å²) in [5, 5.41) is 0. The van der Waals surface area contributed by atoms with Crippen LogP contribution >= 0.6 is 25.4 Å². The van der Waals surface area contributed by atoms with Crippen LogP contribution in [0.1, 0.15) is 93.9 Å². The molecular weight excluding hydrogens is 330 g/mol. The molecule has 3 heteroatoms. The van der Waals surface area contributed by atoms with E-state index in [0.29, 0.717) is 5.41 Å². The number of nitrogens with zero attached hydrogens (tertiary/aromatic N) is 1. The molecule has 1 atom stereocenters. The SMILES string of the molecule is C=C(C)C(C)(S)CC(C)(CC)CC.CC.CCCCC[N+](C)(C)S. The number of quaternary nitrogens is 1. The van der Waals surface area contributed by atoms with E-state index < -0.39 is 0 Å². The largest absolute Gasteiger partial charge is 0.269 e. The van der Waals surface area contributed by atoms with Gasteiger partial charge in [0, 0.05) is 4.75 Å². The number of unbranched alkanes of at least 4 members (excludes halogenated alkanes) is 2. The summed E-state index contributed by atoms with van der Waals surface area (Å²) < 4.78 is 0.792. The third-order valence-electron chi connectivity index (χ3n) is 4.71.